The van der Waals surface area contributed by atoms with Crippen molar-refractivity contribution in [3.63, 3.8) is 0 Å². The van der Waals surface area contributed by atoms with Crippen molar-refractivity contribution < 1.29 is 14.0 Å². The van der Waals surface area contributed by atoms with Crippen molar-refractivity contribution in [3.8, 4) is 11.4 Å². The third kappa shape index (κ3) is 3.97. The van der Waals surface area contributed by atoms with Gasteiger partial charge in [-0.3, -0.25) is 0 Å². The topological polar surface area (TPSA) is 80.4 Å². The maximum Gasteiger partial charge on any atom is 0.494 e. The lowest BCUT2D eigenvalue weighted by molar-refractivity contribution is 0.00578. The van der Waals surface area contributed by atoms with Crippen LogP contribution in [0.15, 0.2) is 41.2 Å². The van der Waals surface area contributed by atoms with Crippen LogP contribution >= 0.6 is 0 Å². The highest BCUT2D eigenvalue weighted by Crippen LogP contribution is 2.43. The molecule has 3 aromatic rings. The molecule has 0 N–H and O–H groups in total. The van der Waals surface area contributed by atoms with E-state index in [0.717, 1.165) is 35.2 Å². The molecule has 9 heteroatoms. The van der Waals surface area contributed by atoms with Crippen molar-refractivity contribution >= 4 is 12.6 Å². The molecule has 0 amide bonds. The summed E-state index contributed by atoms with van der Waals surface area (Å²) in [4.78, 5) is 12.5. The van der Waals surface area contributed by atoms with Crippen LogP contribution in [0.5, 0.6) is 5.75 Å². The molecule has 2 heterocycles. The predicted molar refractivity (Wildman–Crippen MR) is 130 cm³/mol. The van der Waals surface area contributed by atoms with Crippen LogP contribution in [0.3, 0.4) is 0 Å². The molecule has 1 saturated carbocycles. The minimum atomic E-state index is -0.413. The third-order valence-electron chi connectivity index (χ3n) is 7.25. The quantitative estimate of drug-likeness (QED) is 0.524. The van der Waals surface area contributed by atoms with Gasteiger partial charge < -0.3 is 14.0 Å². The Morgan fingerprint density at radius 2 is 1.79 bits per heavy atom. The summed E-state index contributed by atoms with van der Waals surface area (Å²) >= 11 is 0. The highest BCUT2D eigenvalue weighted by Gasteiger charge is 2.51. The van der Waals surface area contributed by atoms with E-state index in [4.69, 9.17) is 14.0 Å². The summed E-state index contributed by atoms with van der Waals surface area (Å²) in [5.74, 6) is 1.28. The molecule has 0 radical (unpaired) electrons. The second kappa shape index (κ2) is 8.10. The van der Waals surface area contributed by atoms with Gasteiger partial charge in [0.05, 0.1) is 16.9 Å². The van der Waals surface area contributed by atoms with Crippen LogP contribution < -0.4 is 15.9 Å². The van der Waals surface area contributed by atoms with Gasteiger partial charge in [-0.1, -0.05) is 24.3 Å². The van der Waals surface area contributed by atoms with E-state index < -0.39 is 7.12 Å². The zero-order valence-corrected chi connectivity index (χ0v) is 20.7. The molecule has 0 atom stereocenters. The molecule has 1 saturated heterocycles. The molecule has 2 fully saturated rings. The molecule has 0 spiro atoms. The van der Waals surface area contributed by atoms with Crippen LogP contribution in [-0.4, -0.2) is 38.1 Å². The van der Waals surface area contributed by atoms with Crippen molar-refractivity contribution in [1.29, 1.82) is 0 Å². The highest BCUT2D eigenvalue weighted by atomic mass is 16.7. The molecule has 34 heavy (non-hydrogen) atoms. The van der Waals surface area contributed by atoms with Crippen LogP contribution in [-0.2, 0) is 23.0 Å². The molecule has 0 bridgehead atoms. The molecule has 5 rings (SSSR count). The van der Waals surface area contributed by atoms with Gasteiger partial charge in [-0.15, -0.1) is 0 Å². The van der Waals surface area contributed by atoms with Crippen molar-refractivity contribution in [2.45, 2.75) is 71.2 Å². The lowest BCUT2D eigenvalue weighted by Gasteiger charge is -2.32. The Labute approximate surface area is 200 Å². The van der Waals surface area contributed by atoms with E-state index in [-0.39, 0.29) is 16.9 Å². The summed E-state index contributed by atoms with van der Waals surface area (Å²) in [7, 11) is 1.18. The molecular formula is C25H31BN4O4. The van der Waals surface area contributed by atoms with Gasteiger partial charge in [-0.2, -0.15) is 9.36 Å². The molecule has 2 aromatic carbocycles. The van der Waals surface area contributed by atoms with E-state index in [9.17, 15) is 4.79 Å². The van der Waals surface area contributed by atoms with Crippen LogP contribution in [0, 0.1) is 6.92 Å². The summed E-state index contributed by atoms with van der Waals surface area (Å²) in [6, 6.07) is 12.0. The summed E-state index contributed by atoms with van der Waals surface area (Å²) < 4.78 is 21.3. The highest BCUT2D eigenvalue weighted by molar-refractivity contribution is 6.62. The maximum atomic E-state index is 12.5. The fraction of sp³-hybridized carbons (Fsp3) is 0.480. The Bertz CT molecular complexity index is 1280. The smallest absolute Gasteiger partial charge is 0.489 e. The van der Waals surface area contributed by atoms with Crippen molar-refractivity contribution in [1.82, 2.24) is 19.8 Å². The van der Waals surface area contributed by atoms with Gasteiger partial charge in [0.15, 0.2) is 0 Å². The number of hydrogen-bond acceptors (Lipinski definition) is 6. The first-order chi connectivity index (χ1) is 16.1. The van der Waals surface area contributed by atoms with Crippen LogP contribution in [0.2, 0.25) is 0 Å². The average molecular weight is 462 g/mol. The SMILES string of the molecule is Cc1cc(B2OC(C)(C)C(C)(C)O2)ccc1OCc1c(C2CC2)cccc1-n1nnn(C)c1=O. The van der Waals surface area contributed by atoms with Crippen LogP contribution in [0.1, 0.15) is 63.1 Å². The lowest BCUT2D eigenvalue weighted by atomic mass is 9.78. The summed E-state index contributed by atoms with van der Waals surface area (Å²) in [6.45, 7) is 10.6. The molecule has 0 unspecified atom stereocenters. The molecular weight excluding hydrogens is 431 g/mol. The number of nitrogens with zero attached hydrogens (tertiary/aromatic N) is 4. The number of aromatic nitrogens is 4. The van der Waals surface area contributed by atoms with E-state index in [0.29, 0.717) is 18.2 Å². The lowest BCUT2D eigenvalue weighted by Crippen LogP contribution is -2.41. The zero-order chi connectivity index (χ0) is 24.3. The Balaban J connectivity index is 1.41. The third-order valence-corrected chi connectivity index (χ3v) is 7.25. The van der Waals surface area contributed by atoms with Gasteiger partial charge >= 0.3 is 12.8 Å². The second-order valence-corrected chi connectivity index (χ2v) is 10.3. The Hall–Kier alpha value is -2.91. The van der Waals surface area contributed by atoms with Crippen molar-refractivity contribution in [2.75, 3.05) is 0 Å². The van der Waals surface area contributed by atoms with E-state index in [2.05, 4.69) is 50.3 Å². The summed E-state index contributed by atoms with van der Waals surface area (Å²) in [5, 5.41) is 7.93. The summed E-state index contributed by atoms with van der Waals surface area (Å²) in [6.07, 6.45) is 2.29. The standard InChI is InChI=1S/C25H31BN4O4/c1-16-14-18(26-33-24(2,3)25(4,5)34-26)12-13-22(16)32-15-20-19(17-10-11-17)8-7-9-21(20)30-23(31)29(6)27-28-30/h7-9,12-14,17H,10-11,15H2,1-6H3. The number of benzene rings is 2. The largest absolute Gasteiger partial charge is 0.494 e. The molecule has 8 nitrogen and oxygen atoms in total. The van der Waals surface area contributed by atoms with Crippen molar-refractivity contribution in [2.24, 2.45) is 7.05 Å². The van der Waals surface area contributed by atoms with E-state index in [1.165, 1.54) is 14.9 Å². The average Bonchev–Trinajstić information content (AvgIpc) is 3.53. The Kier molecular flexibility index (Phi) is 5.44. The van der Waals surface area contributed by atoms with Crippen LogP contribution in [0.4, 0.5) is 0 Å². The maximum absolute atomic E-state index is 12.5. The second-order valence-electron chi connectivity index (χ2n) is 10.3. The normalized spacial score (nSPS) is 18.9. The fourth-order valence-electron chi connectivity index (χ4n) is 4.30. The minimum Gasteiger partial charge on any atom is -0.489 e. The first-order valence-corrected chi connectivity index (χ1v) is 11.8. The number of aryl methyl sites for hydroxylation is 2. The number of tetrazole rings is 1. The molecule has 1 aliphatic heterocycles. The Morgan fingerprint density at radius 1 is 1.09 bits per heavy atom. The molecule has 2 aliphatic rings. The van der Waals surface area contributed by atoms with Gasteiger partial charge in [-0.05, 0) is 92.5 Å². The van der Waals surface area contributed by atoms with E-state index in [1.807, 2.05) is 31.2 Å². The predicted octanol–water partition coefficient (Wildman–Crippen LogP) is 3.03. The number of hydrogen-bond donors (Lipinski definition) is 0. The van der Waals surface area contributed by atoms with Crippen molar-refractivity contribution in [3.05, 3.63) is 63.6 Å². The number of rotatable bonds is 6. The minimum absolute atomic E-state index is 0.280. The van der Waals surface area contributed by atoms with Gasteiger partial charge in [0.2, 0.25) is 0 Å². The van der Waals surface area contributed by atoms with E-state index in [1.54, 1.807) is 7.05 Å². The fourth-order valence-corrected chi connectivity index (χ4v) is 4.30. The van der Waals surface area contributed by atoms with Gasteiger partial charge in [0, 0.05) is 12.6 Å². The Morgan fingerprint density at radius 3 is 2.38 bits per heavy atom. The van der Waals surface area contributed by atoms with Gasteiger partial charge in [0.25, 0.3) is 0 Å². The van der Waals surface area contributed by atoms with E-state index >= 15 is 0 Å². The van der Waals surface area contributed by atoms with Crippen LogP contribution in [0.25, 0.3) is 5.69 Å². The molecule has 1 aliphatic carbocycles. The van der Waals surface area contributed by atoms with Gasteiger partial charge in [0.1, 0.15) is 12.4 Å². The molecule has 1 aromatic heterocycles. The van der Waals surface area contributed by atoms with Gasteiger partial charge in [-0.25, -0.2) is 4.79 Å². The summed E-state index contributed by atoms with van der Waals surface area (Å²) in [5.41, 5.74) is 3.81. The first kappa shape index (κ1) is 22.9. The monoisotopic (exact) mass is 462 g/mol. The number of ether oxygens (including phenoxy) is 1. The zero-order valence-electron chi connectivity index (χ0n) is 20.7. The first-order valence-electron chi connectivity index (χ1n) is 11.8. The molecule has 178 valence electrons.